The number of amides is 1. The lowest BCUT2D eigenvalue weighted by Gasteiger charge is -2.06. The Bertz CT molecular complexity index is 413. The number of unbranched alkanes of at least 4 members (excludes halogenated alkanes) is 4. The van der Waals surface area contributed by atoms with Crippen LogP contribution in [0.25, 0.3) is 0 Å². The molecule has 1 aromatic heterocycles. The Balaban J connectivity index is 0.00000400. The number of aromatic nitrogens is 1. The highest BCUT2D eigenvalue weighted by molar-refractivity contribution is 5.93. The van der Waals surface area contributed by atoms with E-state index in [1.165, 1.54) is 19.0 Å². The monoisotopic (exact) mass is 313 g/mol. The molecule has 6 heteroatoms. The van der Waals surface area contributed by atoms with E-state index in [0.29, 0.717) is 12.0 Å². The average Bonchev–Trinajstić information content (AvgIpc) is 2.48. The Morgan fingerprint density at radius 1 is 1.24 bits per heavy atom. The number of halogens is 1. The highest BCUT2D eigenvalue weighted by Gasteiger charge is 2.06. The van der Waals surface area contributed by atoms with Gasteiger partial charge in [-0.3, -0.25) is 14.6 Å². The second kappa shape index (κ2) is 12.1. The Kier molecular flexibility index (Phi) is 11.2. The fourth-order valence-electron chi connectivity index (χ4n) is 1.73. The molecule has 0 fully saturated rings. The molecule has 1 heterocycles. The molecule has 1 amide bonds. The summed E-state index contributed by atoms with van der Waals surface area (Å²) in [5.74, 6) is -0.568. The van der Waals surface area contributed by atoms with Gasteiger partial charge < -0.3 is 22.5 Å². The number of pyridine rings is 1. The SMILES string of the molecule is CCCCCCCC(=O)OCNC(=O)c1cccnc1.[Cl-]. The van der Waals surface area contributed by atoms with Crippen molar-refractivity contribution in [3.05, 3.63) is 30.1 Å². The minimum absolute atomic E-state index is 0. The fourth-order valence-corrected chi connectivity index (χ4v) is 1.73. The molecule has 0 aliphatic carbocycles. The summed E-state index contributed by atoms with van der Waals surface area (Å²) in [6, 6.07) is 3.33. The smallest absolute Gasteiger partial charge is 0.307 e. The number of nitrogens with one attached hydrogen (secondary N) is 1. The zero-order valence-corrected chi connectivity index (χ0v) is 13.1. The summed E-state index contributed by atoms with van der Waals surface area (Å²) >= 11 is 0. The van der Waals surface area contributed by atoms with Crippen LogP contribution in [0.5, 0.6) is 0 Å². The van der Waals surface area contributed by atoms with Crippen molar-refractivity contribution in [2.24, 2.45) is 0 Å². The number of rotatable bonds is 9. The molecule has 118 valence electrons. The van der Waals surface area contributed by atoms with E-state index < -0.39 is 0 Å². The van der Waals surface area contributed by atoms with Crippen LogP contribution in [0.2, 0.25) is 0 Å². The Morgan fingerprint density at radius 3 is 2.67 bits per heavy atom. The van der Waals surface area contributed by atoms with Crippen LogP contribution in [0.3, 0.4) is 0 Å². The summed E-state index contributed by atoms with van der Waals surface area (Å²) in [7, 11) is 0. The molecule has 0 saturated heterocycles. The molecule has 1 aromatic rings. The molecular formula is C15H22ClN2O3-. The zero-order chi connectivity index (χ0) is 14.6. The van der Waals surface area contributed by atoms with E-state index in [1.807, 2.05) is 0 Å². The minimum Gasteiger partial charge on any atom is -1.00 e. The molecular weight excluding hydrogens is 292 g/mol. The molecule has 0 aliphatic rings. The van der Waals surface area contributed by atoms with Gasteiger partial charge in [0.1, 0.15) is 0 Å². The van der Waals surface area contributed by atoms with Crippen LogP contribution in [0.1, 0.15) is 55.8 Å². The molecule has 5 nitrogen and oxygen atoms in total. The highest BCUT2D eigenvalue weighted by Crippen LogP contribution is 2.05. The Hall–Kier alpha value is -1.62. The van der Waals surface area contributed by atoms with Crippen LogP contribution >= 0.6 is 0 Å². The van der Waals surface area contributed by atoms with Gasteiger partial charge in [-0.25, -0.2) is 0 Å². The molecule has 0 bridgehead atoms. The molecule has 0 atom stereocenters. The van der Waals surface area contributed by atoms with Crippen LogP contribution in [0.15, 0.2) is 24.5 Å². The second-order valence-electron chi connectivity index (χ2n) is 4.57. The molecule has 21 heavy (non-hydrogen) atoms. The van der Waals surface area contributed by atoms with Crippen molar-refractivity contribution < 1.29 is 26.7 Å². The molecule has 0 saturated carbocycles. The number of nitrogens with zero attached hydrogens (tertiary/aromatic N) is 1. The normalized spacial score (nSPS) is 9.57. The predicted octanol–water partition coefficient (Wildman–Crippen LogP) is -0.323. The van der Waals surface area contributed by atoms with E-state index in [0.717, 1.165) is 19.3 Å². The van der Waals surface area contributed by atoms with Gasteiger partial charge in [-0.15, -0.1) is 0 Å². The summed E-state index contributed by atoms with van der Waals surface area (Å²) in [5.41, 5.74) is 0.447. The molecule has 0 spiro atoms. The van der Waals surface area contributed by atoms with Crippen molar-refractivity contribution in [3.8, 4) is 0 Å². The Morgan fingerprint density at radius 2 is 2.00 bits per heavy atom. The fraction of sp³-hybridized carbons (Fsp3) is 0.533. The zero-order valence-electron chi connectivity index (χ0n) is 12.3. The summed E-state index contributed by atoms with van der Waals surface area (Å²) in [5, 5.41) is 2.52. The van der Waals surface area contributed by atoms with E-state index in [1.54, 1.807) is 18.3 Å². The van der Waals surface area contributed by atoms with Crippen molar-refractivity contribution in [2.75, 3.05) is 6.73 Å². The second-order valence-corrected chi connectivity index (χ2v) is 4.57. The van der Waals surface area contributed by atoms with E-state index in [-0.39, 0.29) is 31.0 Å². The van der Waals surface area contributed by atoms with Crippen LogP contribution in [0.4, 0.5) is 0 Å². The van der Waals surface area contributed by atoms with E-state index >= 15 is 0 Å². The maximum atomic E-state index is 11.6. The number of hydrogen-bond donors (Lipinski definition) is 1. The quantitative estimate of drug-likeness (QED) is 0.385. The van der Waals surface area contributed by atoms with Gasteiger partial charge in [-0.05, 0) is 18.6 Å². The first-order valence-corrected chi connectivity index (χ1v) is 7.08. The average molecular weight is 314 g/mol. The van der Waals surface area contributed by atoms with Crippen LogP contribution in [0, 0.1) is 0 Å². The van der Waals surface area contributed by atoms with Crippen molar-refractivity contribution >= 4 is 11.9 Å². The van der Waals surface area contributed by atoms with Gasteiger partial charge in [0.25, 0.3) is 5.91 Å². The first kappa shape index (κ1) is 19.4. The van der Waals surface area contributed by atoms with Gasteiger partial charge in [0.2, 0.25) is 0 Å². The molecule has 0 aliphatic heterocycles. The number of esters is 1. The topological polar surface area (TPSA) is 68.3 Å². The van der Waals surface area contributed by atoms with Gasteiger partial charge in [-0.2, -0.15) is 0 Å². The first-order valence-electron chi connectivity index (χ1n) is 7.08. The first-order chi connectivity index (χ1) is 9.74. The number of ether oxygens (including phenoxy) is 1. The lowest BCUT2D eigenvalue weighted by Crippen LogP contribution is -3.00. The van der Waals surface area contributed by atoms with Crippen molar-refractivity contribution in [1.29, 1.82) is 0 Å². The highest BCUT2D eigenvalue weighted by atomic mass is 35.5. The number of hydrogen-bond acceptors (Lipinski definition) is 4. The summed E-state index contributed by atoms with van der Waals surface area (Å²) < 4.78 is 4.95. The van der Waals surface area contributed by atoms with Crippen LogP contribution < -0.4 is 17.7 Å². The van der Waals surface area contributed by atoms with Gasteiger partial charge in [0, 0.05) is 18.8 Å². The Labute approximate surface area is 131 Å². The third kappa shape index (κ3) is 9.02. The van der Waals surface area contributed by atoms with Gasteiger partial charge in [0.05, 0.1) is 5.56 Å². The molecule has 1 N–H and O–H groups in total. The van der Waals surface area contributed by atoms with E-state index in [2.05, 4.69) is 17.2 Å². The van der Waals surface area contributed by atoms with Crippen LogP contribution in [-0.2, 0) is 9.53 Å². The van der Waals surface area contributed by atoms with E-state index in [9.17, 15) is 9.59 Å². The van der Waals surface area contributed by atoms with Gasteiger partial charge in [0.15, 0.2) is 6.73 Å². The summed E-state index contributed by atoms with van der Waals surface area (Å²) in [4.78, 5) is 26.9. The number of carbonyl (C=O) groups is 2. The van der Waals surface area contributed by atoms with Gasteiger partial charge in [-0.1, -0.05) is 32.6 Å². The van der Waals surface area contributed by atoms with Gasteiger partial charge >= 0.3 is 5.97 Å². The predicted molar refractivity (Wildman–Crippen MR) is 76.0 cm³/mol. The summed E-state index contributed by atoms with van der Waals surface area (Å²) in [6.07, 6.45) is 8.90. The molecule has 0 radical (unpaired) electrons. The maximum Gasteiger partial charge on any atom is 0.307 e. The lowest BCUT2D eigenvalue weighted by atomic mass is 10.1. The van der Waals surface area contributed by atoms with Crippen molar-refractivity contribution in [2.45, 2.75) is 45.4 Å². The lowest BCUT2D eigenvalue weighted by molar-refractivity contribution is -0.144. The summed E-state index contributed by atoms with van der Waals surface area (Å²) in [6.45, 7) is 2.06. The molecule has 1 rings (SSSR count). The standard InChI is InChI=1S/C15H22N2O3.ClH/c1-2-3-4-5-6-9-14(18)20-12-17-15(19)13-8-7-10-16-11-13;/h7-8,10-11H,2-6,9,12H2,1H3,(H,17,19);1H/p-1. The van der Waals surface area contributed by atoms with Crippen LogP contribution in [-0.4, -0.2) is 23.6 Å². The largest absolute Gasteiger partial charge is 1.00 e. The molecule has 0 unspecified atom stereocenters. The van der Waals surface area contributed by atoms with Crippen molar-refractivity contribution in [1.82, 2.24) is 10.3 Å². The van der Waals surface area contributed by atoms with E-state index in [4.69, 9.17) is 4.74 Å². The number of carbonyl (C=O) groups excluding carboxylic acids is 2. The van der Waals surface area contributed by atoms with Crippen molar-refractivity contribution in [3.63, 3.8) is 0 Å². The molecule has 0 aromatic carbocycles. The minimum atomic E-state index is -0.297. The third-order valence-electron chi connectivity index (χ3n) is 2.87. The maximum absolute atomic E-state index is 11.6. The third-order valence-corrected chi connectivity index (χ3v) is 2.87.